The smallest absolute Gasteiger partial charge is 0.0334 e. The van der Waals surface area contributed by atoms with Crippen LogP contribution in [0.25, 0.3) is 0 Å². The zero-order valence-corrected chi connectivity index (χ0v) is 18.2. The van der Waals surface area contributed by atoms with Gasteiger partial charge in [-0.15, -0.1) is 0 Å². The Bertz CT molecular complexity index is 406. The molecule has 0 aromatic carbocycles. The van der Waals surface area contributed by atoms with Crippen LogP contribution >= 0.6 is 0 Å². The van der Waals surface area contributed by atoms with Gasteiger partial charge in [0.25, 0.3) is 0 Å². The van der Waals surface area contributed by atoms with Gasteiger partial charge in [0.15, 0.2) is 0 Å². The molecule has 0 radical (unpaired) electrons. The Balaban J connectivity index is 0.000000146. The number of fused-ring (bicyclic) bond motifs is 2. The molecule has 0 bridgehead atoms. The summed E-state index contributed by atoms with van der Waals surface area (Å²) in [4.78, 5) is 0. The van der Waals surface area contributed by atoms with Gasteiger partial charge in [-0.05, 0) is 78.4 Å². The van der Waals surface area contributed by atoms with Crippen molar-refractivity contribution >= 4 is 0 Å². The predicted octanol–water partition coefficient (Wildman–Crippen LogP) is 8.11. The summed E-state index contributed by atoms with van der Waals surface area (Å²) in [5.41, 5.74) is 1.14. The van der Waals surface area contributed by atoms with Gasteiger partial charge in [-0.3, -0.25) is 0 Å². The molecule has 4 rings (SSSR count). The molecule has 0 aromatic heterocycles. The lowest BCUT2D eigenvalue weighted by Gasteiger charge is -2.32. The van der Waals surface area contributed by atoms with E-state index < -0.39 is 0 Å². The summed E-state index contributed by atoms with van der Waals surface area (Å²) in [6.07, 6.45) is 16.8. The Hall–Kier alpha value is 0. The van der Waals surface area contributed by atoms with E-state index in [4.69, 9.17) is 0 Å². The monoisotopic (exact) mass is 346 g/mol. The van der Waals surface area contributed by atoms with Crippen LogP contribution < -0.4 is 0 Å². The third-order valence-corrected chi connectivity index (χ3v) is 8.66. The van der Waals surface area contributed by atoms with Gasteiger partial charge >= 0.3 is 0 Å². The third kappa shape index (κ3) is 4.65. The zero-order chi connectivity index (χ0) is 18.2. The van der Waals surface area contributed by atoms with E-state index in [9.17, 15) is 0 Å². The van der Waals surface area contributed by atoms with Crippen molar-refractivity contribution in [1.82, 2.24) is 0 Å². The summed E-state index contributed by atoms with van der Waals surface area (Å²) in [5.74, 6) is 6.49. The van der Waals surface area contributed by atoms with Crippen LogP contribution in [0.5, 0.6) is 0 Å². The second kappa shape index (κ2) is 7.55. The first-order chi connectivity index (χ1) is 11.7. The lowest BCUT2D eigenvalue weighted by Crippen LogP contribution is -2.24. The van der Waals surface area contributed by atoms with Crippen molar-refractivity contribution < 1.29 is 0 Å². The van der Waals surface area contributed by atoms with Crippen LogP contribution in [0.2, 0.25) is 0 Å². The Kier molecular flexibility index (Phi) is 5.97. The van der Waals surface area contributed by atoms with Crippen LogP contribution in [-0.4, -0.2) is 0 Å². The molecule has 0 spiro atoms. The average molecular weight is 347 g/mol. The molecule has 4 aliphatic carbocycles. The summed E-state index contributed by atoms with van der Waals surface area (Å²) in [7, 11) is 0. The van der Waals surface area contributed by atoms with Gasteiger partial charge in [0.2, 0.25) is 0 Å². The average Bonchev–Trinajstić information content (AvgIpc) is 3.20. The van der Waals surface area contributed by atoms with Gasteiger partial charge in [0.05, 0.1) is 0 Å². The number of hydrogen-bond acceptors (Lipinski definition) is 0. The van der Waals surface area contributed by atoms with Gasteiger partial charge < -0.3 is 0 Å². The summed E-state index contributed by atoms with van der Waals surface area (Å²) in [6.45, 7) is 14.6. The van der Waals surface area contributed by atoms with Crippen molar-refractivity contribution in [3.63, 3.8) is 0 Å². The standard InChI is InChI=1S/C13H24.C12H22/c1-13(2,3)12-8-10-6-4-5-7-11(10)9-12;1-12(2,3)11-8-7-9-5-4-6-10(9)11/h10-12H,4-9H2,1-3H3;9-11H,4-8H2,1-3H3. The Morgan fingerprint density at radius 3 is 1.60 bits per heavy atom. The van der Waals surface area contributed by atoms with E-state index in [0.29, 0.717) is 10.8 Å². The van der Waals surface area contributed by atoms with Crippen LogP contribution in [-0.2, 0) is 0 Å². The van der Waals surface area contributed by atoms with Crippen LogP contribution in [0.4, 0.5) is 0 Å². The molecule has 0 N–H and O–H groups in total. The predicted molar refractivity (Wildman–Crippen MR) is 111 cm³/mol. The summed E-state index contributed by atoms with van der Waals surface area (Å²) in [6, 6.07) is 0. The van der Waals surface area contributed by atoms with Crippen molar-refractivity contribution in [1.29, 1.82) is 0 Å². The minimum atomic E-state index is 0.567. The Labute approximate surface area is 158 Å². The highest BCUT2D eigenvalue weighted by molar-refractivity contribution is 4.94. The van der Waals surface area contributed by atoms with E-state index >= 15 is 0 Å². The molecule has 0 nitrogen and oxygen atoms in total. The molecule has 0 aromatic rings. The molecule has 4 saturated carbocycles. The summed E-state index contributed by atoms with van der Waals surface area (Å²) >= 11 is 0. The van der Waals surface area contributed by atoms with Crippen molar-refractivity contribution in [2.24, 2.45) is 46.3 Å². The Morgan fingerprint density at radius 1 is 0.520 bits per heavy atom. The minimum Gasteiger partial charge on any atom is -0.0599 e. The molecule has 5 atom stereocenters. The fourth-order valence-corrected chi connectivity index (χ4v) is 7.08. The SMILES string of the molecule is CC(C)(C)C1CC2CCCCC2C1.CC(C)(C)C1CCC2CCCC21. The first-order valence-corrected chi connectivity index (χ1v) is 11.7. The third-order valence-electron chi connectivity index (χ3n) is 8.66. The van der Waals surface area contributed by atoms with Crippen molar-refractivity contribution in [2.45, 2.75) is 112 Å². The zero-order valence-electron chi connectivity index (χ0n) is 18.2. The van der Waals surface area contributed by atoms with E-state index in [1.807, 2.05) is 0 Å². The summed E-state index contributed by atoms with van der Waals surface area (Å²) < 4.78 is 0. The van der Waals surface area contributed by atoms with Gasteiger partial charge in [-0.25, -0.2) is 0 Å². The summed E-state index contributed by atoms with van der Waals surface area (Å²) in [5, 5.41) is 0. The molecule has 4 fully saturated rings. The molecule has 0 aliphatic heterocycles. The molecule has 25 heavy (non-hydrogen) atoms. The second-order valence-corrected chi connectivity index (χ2v) is 12.2. The highest BCUT2D eigenvalue weighted by Crippen LogP contribution is 2.53. The molecule has 146 valence electrons. The van der Waals surface area contributed by atoms with E-state index in [1.165, 1.54) is 70.6 Å². The van der Waals surface area contributed by atoms with Crippen LogP contribution in [0.1, 0.15) is 112 Å². The maximum atomic E-state index is 2.43. The molecule has 0 heteroatoms. The molecular formula is C25H46. The van der Waals surface area contributed by atoms with E-state index in [1.54, 1.807) is 0 Å². The van der Waals surface area contributed by atoms with Crippen LogP contribution in [0.3, 0.4) is 0 Å². The second-order valence-electron chi connectivity index (χ2n) is 12.2. The molecule has 0 saturated heterocycles. The fraction of sp³-hybridized carbons (Fsp3) is 1.00. The molecular weight excluding hydrogens is 300 g/mol. The fourth-order valence-electron chi connectivity index (χ4n) is 7.08. The lowest BCUT2D eigenvalue weighted by atomic mass is 9.74. The van der Waals surface area contributed by atoms with Gasteiger partial charge in [0.1, 0.15) is 0 Å². The van der Waals surface area contributed by atoms with E-state index in [2.05, 4.69) is 41.5 Å². The maximum Gasteiger partial charge on any atom is -0.0334 e. The highest BCUT2D eigenvalue weighted by Gasteiger charge is 2.43. The first kappa shape index (κ1) is 19.8. The van der Waals surface area contributed by atoms with E-state index in [-0.39, 0.29) is 0 Å². The van der Waals surface area contributed by atoms with Crippen LogP contribution in [0, 0.1) is 46.3 Å². The van der Waals surface area contributed by atoms with Gasteiger partial charge in [-0.2, -0.15) is 0 Å². The van der Waals surface area contributed by atoms with E-state index in [0.717, 1.165) is 35.5 Å². The highest BCUT2D eigenvalue weighted by atomic mass is 14.5. The van der Waals surface area contributed by atoms with Gasteiger partial charge in [-0.1, -0.05) is 80.1 Å². The topological polar surface area (TPSA) is 0 Å². The maximum absolute atomic E-state index is 2.43. The minimum absolute atomic E-state index is 0.567. The van der Waals surface area contributed by atoms with Crippen molar-refractivity contribution in [3.8, 4) is 0 Å². The Morgan fingerprint density at radius 2 is 1.08 bits per heavy atom. The molecule has 0 heterocycles. The number of hydrogen-bond donors (Lipinski definition) is 0. The quantitative estimate of drug-likeness (QED) is 0.415. The van der Waals surface area contributed by atoms with Gasteiger partial charge in [0, 0.05) is 0 Å². The van der Waals surface area contributed by atoms with Crippen LogP contribution in [0.15, 0.2) is 0 Å². The molecule has 4 aliphatic rings. The van der Waals surface area contributed by atoms with Crippen molar-refractivity contribution in [3.05, 3.63) is 0 Å². The lowest BCUT2D eigenvalue weighted by molar-refractivity contribution is 0.176. The molecule has 0 amide bonds. The number of rotatable bonds is 0. The van der Waals surface area contributed by atoms with Crippen molar-refractivity contribution in [2.75, 3.05) is 0 Å². The first-order valence-electron chi connectivity index (χ1n) is 11.7. The largest absolute Gasteiger partial charge is 0.0599 e. The normalized spacial score (nSPS) is 41.0. The molecule has 5 unspecified atom stereocenters.